The standard InChI is InChI=1S/C59H41N/c1-4-16-42(17-5-1)43-30-36-49(37-31-43)60(50-38-32-45(33-39-50)53-26-14-19-44-18-10-11-24-52(44)53)51-40-34-46(35-41-51)54-27-15-29-57-58(54)55-25-12-13-28-56(55)59(57,47-20-6-2-7-21-47)48-22-8-3-9-23-48/h1-41H. The van der Waals surface area contributed by atoms with Crippen LogP contribution in [-0.2, 0) is 5.41 Å². The molecular weight excluding hydrogens is 723 g/mol. The molecule has 0 saturated heterocycles. The number of anilines is 3. The molecule has 0 heterocycles. The minimum absolute atomic E-state index is 0.439. The normalized spacial score (nSPS) is 12.5. The summed E-state index contributed by atoms with van der Waals surface area (Å²) in [4.78, 5) is 2.37. The van der Waals surface area contributed by atoms with Crippen molar-refractivity contribution in [1.82, 2.24) is 0 Å². The van der Waals surface area contributed by atoms with Gasteiger partial charge >= 0.3 is 0 Å². The van der Waals surface area contributed by atoms with Gasteiger partial charge in [0.05, 0.1) is 5.41 Å². The average molecular weight is 764 g/mol. The first-order valence-corrected chi connectivity index (χ1v) is 20.8. The van der Waals surface area contributed by atoms with Crippen molar-refractivity contribution >= 4 is 27.8 Å². The van der Waals surface area contributed by atoms with Crippen LogP contribution in [0.15, 0.2) is 249 Å². The summed E-state index contributed by atoms with van der Waals surface area (Å²) in [5, 5.41) is 2.51. The monoisotopic (exact) mass is 763 g/mol. The summed E-state index contributed by atoms with van der Waals surface area (Å²) < 4.78 is 0. The van der Waals surface area contributed by atoms with E-state index in [1.165, 1.54) is 77.5 Å². The van der Waals surface area contributed by atoms with Crippen LogP contribution in [0.25, 0.3) is 55.3 Å². The predicted octanol–water partition coefficient (Wildman–Crippen LogP) is 15.7. The van der Waals surface area contributed by atoms with Crippen molar-refractivity contribution in [2.75, 3.05) is 4.90 Å². The summed E-state index contributed by atoms with van der Waals surface area (Å²) in [6.07, 6.45) is 0. The molecule has 0 aromatic heterocycles. The Balaban J connectivity index is 1.03. The van der Waals surface area contributed by atoms with Crippen LogP contribution in [0, 0.1) is 0 Å². The Kier molecular flexibility index (Phi) is 8.79. The number of fused-ring (bicyclic) bond motifs is 4. The van der Waals surface area contributed by atoms with Crippen LogP contribution in [0.2, 0.25) is 0 Å². The second kappa shape index (κ2) is 14.9. The van der Waals surface area contributed by atoms with Gasteiger partial charge in [-0.05, 0) is 114 Å². The second-order valence-electron chi connectivity index (χ2n) is 15.6. The maximum atomic E-state index is 2.37. The van der Waals surface area contributed by atoms with E-state index in [0.717, 1.165) is 17.1 Å². The lowest BCUT2D eigenvalue weighted by Gasteiger charge is -2.34. The molecule has 1 heteroatoms. The van der Waals surface area contributed by atoms with E-state index in [-0.39, 0.29) is 0 Å². The van der Waals surface area contributed by atoms with Crippen molar-refractivity contribution in [1.29, 1.82) is 0 Å². The highest BCUT2D eigenvalue weighted by Crippen LogP contribution is 2.58. The molecule has 60 heavy (non-hydrogen) atoms. The number of nitrogens with zero attached hydrogens (tertiary/aromatic N) is 1. The van der Waals surface area contributed by atoms with E-state index in [0.29, 0.717) is 0 Å². The van der Waals surface area contributed by atoms with E-state index in [2.05, 4.69) is 254 Å². The number of rotatable bonds is 8. The first-order valence-electron chi connectivity index (χ1n) is 20.8. The summed E-state index contributed by atoms with van der Waals surface area (Å²) in [5.41, 5.74) is 17.9. The third-order valence-corrected chi connectivity index (χ3v) is 12.4. The van der Waals surface area contributed by atoms with Gasteiger partial charge < -0.3 is 4.90 Å². The molecule has 0 saturated carbocycles. The van der Waals surface area contributed by atoms with Gasteiger partial charge in [0.15, 0.2) is 0 Å². The largest absolute Gasteiger partial charge is 0.311 e. The molecule has 11 rings (SSSR count). The molecule has 0 N–H and O–H groups in total. The zero-order valence-electron chi connectivity index (χ0n) is 33.1. The van der Waals surface area contributed by atoms with Crippen LogP contribution < -0.4 is 4.90 Å². The van der Waals surface area contributed by atoms with Gasteiger partial charge in [-0.2, -0.15) is 0 Å². The Morgan fingerprint density at radius 3 is 1.32 bits per heavy atom. The first-order chi connectivity index (χ1) is 29.8. The molecular formula is C59H41N. The highest BCUT2D eigenvalue weighted by atomic mass is 15.1. The Morgan fingerprint density at radius 1 is 0.267 bits per heavy atom. The first kappa shape index (κ1) is 35.4. The minimum Gasteiger partial charge on any atom is -0.311 e. The Bertz CT molecular complexity index is 3050. The van der Waals surface area contributed by atoms with Gasteiger partial charge in [-0.15, -0.1) is 0 Å². The van der Waals surface area contributed by atoms with Crippen LogP contribution in [0.5, 0.6) is 0 Å². The summed E-state index contributed by atoms with van der Waals surface area (Å²) in [6, 6.07) is 90.8. The van der Waals surface area contributed by atoms with Crippen molar-refractivity contribution in [3.05, 3.63) is 271 Å². The second-order valence-corrected chi connectivity index (χ2v) is 15.6. The van der Waals surface area contributed by atoms with Gasteiger partial charge in [0, 0.05) is 17.1 Å². The highest BCUT2D eigenvalue weighted by molar-refractivity contribution is 5.98. The van der Waals surface area contributed by atoms with E-state index in [1.54, 1.807) is 0 Å². The quantitative estimate of drug-likeness (QED) is 0.149. The summed E-state index contributed by atoms with van der Waals surface area (Å²) in [5.74, 6) is 0. The molecule has 282 valence electrons. The van der Waals surface area contributed by atoms with E-state index < -0.39 is 5.41 Å². The van der Waals surface area contributed by atoms with Crippen LogP contribution in [0.4, 0.5) is 17.1 Å². The van der Waals surface area contributed by atoms with Crippen LogP contribution in [0.1, 0.15) is 22.3 Å². The SMILES string of the molecule is c1ccc(-c2ccc(N(c3ccc(-c4cccc5c4-c4ccccc4C5(c4ccccc4)c4ccccc4)cc3)c3ccc(-c4cccc5ccccc45)cc3)cc2)cc1. The van der Waals surface area contributed by atoms with Gasteiger partial charge in [0.25, 0.3) is 0 Å². The van der Waals surface area contributed by atoms with Crippen molar-refractivity contribution in [2.24, 2.45) is 0 Å². The molecule has 0 bridgehead atoms. The fourth-order valence-corrected chi connectivity index (χ4v) is 9.67. The maximum absolute atomic E-state index is 2.37. The van der Waals surface area contributed by atoms with E-state index >= 15 is 0 Å². The Hall–Kier alpha value is -7.74. The molecule has 0 amide bonds. The number of hydrogen-bond donors (Lipinski definition) is 0. The topological polar surface area (TPSA) is 3.24 Å². The van der Waals surface area contributed by atoms with E-state index in [1.807, 2.05) is 0 Å². The molecule has 0 atom stereocenters. The summed E-state index contributed by atoms with van der Waals surface area (Å²) in [6.45, 7) is 0. The molecule has 0 spiro atoms. The highest BCUT2D eigenvalue weighted by Gasteiger charge is 2.46. The van der Waals surface area contributed by atoms with E-state index in [9.17, 15) is 0 Å². The van der Waals surface area contributed by atoms with Gasteiger partial charge in [0.1, 0.15) is 0 Å². The van der Waals surface area contributed by atoms with Crippen LogP contribution >= 0.6 is 0 Å². The molecule has 0 aliphatic heterocycles. The smallest absolute Gasteiger partial charge is 0.0713 e. The van der Waals surface area contributed by atoms with Crippen molar-refractivity contribution in [3.8, 4) is 44.5 Å². The lowest BCUT2D eigenvalue weighted by Crippen LogP contribution is -2.28. The number of benzene rings is 10. The van der Waals surface area contributed by atoms with Gasteiger partial charge in [0.2, 0.25) is 0 Å². The Labute approximate surface area is 352 Å². The molecule has 0 fully saturated rings. The fourth-order valence-electron chi connectivity index (χ4n) is 9.67. The van der Waals surface area contributed by atoms with Crippen LogP contribution in [-0.4, -0.2) is 0 Å². The van der Waals surface area contributed by atoms with Crippen molar-refractivity contribution in [2.45, 2.75) is 5.41 Å². The molecule has 10 aromatic carbocycles. The van der Waals surface area contributed by atoms with Crippen LogP contribution in [0.3, 0.4) is 0 Å². The molecule has 1 nitrogen and oxygen atoms in total. The van der Waals surface area contributed by atoms with Crippen molar-refractivity contribution < 1.29 is 0 Å². The molecule has 0 unspecified atom stereocenters. The molecule has 0 radical (unpaired) electrons. The van der Waals surface area contributed by atoms with Crippen molar-refractivity contribution in [3.63, 3.8) is 0 Å². The fraction of sp³-hybridized carbons (Fsp3) is 0.0169. The zero-order chi connectivity index (χ0) is 39.9. The van der Waals surface area contributed by atoms with Gasteiger partial charge in [-0.1, -0.05) is 212 Å². The molecule has 1 aliphatic carbocycles. The predicted molar refractivity (Wildman–Crippen MR) is 252 cm³/mol. The lowest BCUT2D eigenvalue weighted by atomic mass is 9.67. The third kappa shape index (κ3) is 5.86. The minimum atomic E-state index is -0.439. The lowest BCUT2D eigenvalue weighted by molar-refractivity contribution is 0.768. The number of hydrogen-bond acceptors (Lipinski definition) is 1. The molecule has 1 aliphatic rings. The zero-order valence-corrected chi connectivity index (χ0v) is 33.1. The van der Waals surface area contributed by atoms with Gasteiger partial charge in [-0.25, -0.2) is 0 Å². The maximum Gasteiger partial charge on any atom is 0.0713 e. The van der Waals surface area contributed by atoms with E-state index in [4.69, 9.17) is 0 Å². The summed E-state index contributed by atoms with van der Waals surface area (Å²) in [7, 11) is 0. The van der Waals surface area contributed by atoms with Gasteiger partial charge in [-0.3, -0.25) is 0 Å². The Morgan fingerprint density at radius 2 is 0.683 bits per heavy atom. The average Bonchev–Trinajstić information content (AvgIpc) is 3.64. The third-order valence-electron chi connectivity index (χ3n) is 12.4. The summed E-state index contributed by atoms with van der Waals surface area (Å²) >= 11 is 0. The molecule has 10 aromatic rings.